The van der Waals surface area contributed by atoms with E-state index in [2.05, 4.69) is 11.6 Å². The monoisotopic (exact) mass is 326 g/mol. The Hall–Kier alpha value is -2.59. The van der Waals surface area contributed by atoms with Crippen molar-refractivity contribution >= 4 is 34.2 Å². The number of carbonyl (C=O) groups is 1. The highest BCUT2D eigenvalue weighted by Crippen LogP contribution is 2.24. The lowest BCUT2D eigenvalue weighted by Crippen LogP contribution is -2.03. The predicted octanol–water partition coefficient (Wildman–Crippen LogP) is 4.14. The van der Waals surface area contributed by atoms with E-state index in [9.17, 15) is 4.79 Å². The van der Waals surface area contributed by atoms with Gasteiger partial charge in [-0.05, 0) is 36.2 Å². The maximum Gasteiger partial charge on any atom is 0.335 e. The number of fused-ring (bicyclic) bond motifs is 1. The fraction of sp³-hybridized carbons (Fsp3) is 0.111. The Morgan fingerprint density at radius 3 is 2.74 bits per heavy atom. The molecular weight excluding hydrogens is 312 g/mol. The maximum absolute atomic E-state index is 11.1. The van der Waals surface area contributed by atoms with E-state index >= 15 is 0 Å². The number of hydrogen-bond acceptors (Lipinski definition) is 2. The molecular formula is C18H15ClN2O2. The van der Waals surface area contributed by atoms with Gasteiger partial charge in [-0.3, -0.25) is 0 Å². The van der Waals surface area contributed by atoms with Gasteiger partial charge in [0, 0.05) is 5.02 Å². The molecule has 0 radical (unpaired) electrons. The number of aromatic nitrogens is 2. The zero-order valence-electron chi connectivity index (χ0n) is 12.6. The van der Waals surface area contributed by atoms with Gasteiger partial charge < -0.3 is 9.67 Å². The van der Waals surface area contributed by atoms with Crippen molar-refractivity contribution in [3.8, 4) is 0 Å². The summed E-state index contributed by atoms with van der Waals surface area (Å²) in [5.74, 6) is -0.184. The molecule has 2 aromatic carbocycles. The van der Waals surface area contributed by atoms with Crippen LogP contribution in [0.5, 0.6) is 0 Å². The first-order chi connectivity index (χ1) is 11.0. The Morgan fingerprint density at radius 1 is 1.30 bits per heavy atom. The van der Waals surface area contributed by atoms with E-state index in [4.69, 9.17) is 16.7 Å². The third-order valence-electron chi connectivity index (χ3n) is 3.83. The first kappa shape index (κ1) is 15.3. The number of hydrogen-bond donors (Lipinski definition) is 1. The molecule has 0 aliphatic heterocycles. The molecule has 0 unspecified atom stereocenters. The summed E-state index contributed by atoms with van der Waals surface area (Å²) in [5, 5.41) is 9.81. The predicted molar refractivity (Wildman–Crippen MR) is 91.7 cm³/mol. The normalized spacial score (nSPS) is 10.9. The number of halogens is 1. The number of rotatable bonds is 4. The average molecular weight is 327 g/mol. The summed E-state index contributed by atoms with van der Waals surface area (Å²) in [6.07, 6.45) is 0. The second-order valence-corrected chi connectivity index (χ2v) is 5.73. The van der Waals surface area contributed by atoms with Crippen molar-refractivity contribution in [2.75, 3.05) is 0 Å². The van der Waals surface area contributed by atoms with E-state index in [-0.39, 0.29) is 5.57 Å². The number of nitrogens with zero attached hydrogens (tertiary/aromatic N) is 2. The zero-order valence-corrected chi connectivity index (χ0v) is 13.3. The quantitative estimate of drug-likeness (QED) is 0.733. The number of imidazole rings is 1. The summed E-state index contributed by atoms with van der Waals surface area (Å²) in [7, 11) is 0. The fourth-order valence-electron chi connectivity index (χ4n) is 2.55. The molecule has 0 aliphatic carbocycles. The smallest absolute Gasteiger partial charge is 0.335 e. The number of aryl methyl sites for hydroxylation is 1. The Kier molecular flexibility index (Phi) is 3.92. The van der Waals surface area contributed by atoms with Crippen molar-refractivity contribution in [1.82, 2.24) is 9.55 Å². The fourth-order valence-corrected chi connectivity index (χ4v) is 2.75. The Bertz CT molecular complexity index is 928. The van der Waals surface area contributed by atoms with Crippen molar-refractivity contribution in [3.05, 3.63) is 71.0 Å². The maximum atomic E-state index is 11.1. The number of carboxylic acid groups (broad SMARTS) is 1. The molecule has 3 rings (SSSR count). The third-order valence-corrected chi connectivity index (χ3v) is 4.20. The molecule has 3 aromatic rings. The van der Waals surface area contributed by atoms with Crippen molar-refractivity contribution < 1.29 is 9.90 Å². The van der Waals surface area contributed by atoms with Crippen LogP contribution in [0.2, 0.25) is 5.02 Å². The lowest BCUT2D eigenvalue weighted by molar-refractivity contribution is -0.130. The molecule has 23 heavy (non-hydrogen) atoms. The van der Waals surface area contributed by atoms with Crippen molar-refractivity contribution in [2.24, 2.45) is 0 Å². The van der Waals surface area contributed by atoms with E-state index in [1.54, 1.807) is 6.07 Å². The minimum Gasteiger partial charge on any atom is -0.478 e. The van der Waals surface area contributed by atoms with Gasteiger partial charge in [0.05, 0.1) is 23.2 Å². The average Bonchev–Trinajstić information content (AvgIpc) is 2.84. The number of carboxylic acids is 1. The molecule has 0 aliphatic rings. The van der Waals surface area contributed by atoms with Crippen molar-refractivity contribution in [3.63, 3.8) is 0 Å². The highest BCUT2D eigenvalue weighted by Gasteiger charge is 2.13. The van der Waals surface area contributed by atoms with Gasteiger partial charge in [-0.2, -0.15) is 0 Å². The van der Waals surface area contributed by atoms with Crippen LogP contribution in [0, 0.1) is 6.92 Å². The lowest BCUT2D eigenvalue weighted by atomic mass is 10.1. The van der Waals surface area contributed by atoms with Crippen LogP contribution in [-0.4, -0.2) is 20.6 Å². The minimum atomic E-state index is -1.03. The van der Waals surface area contributed by atoms with E-state index in [1.807, 2.05) is 47.9 Å². The van der Waals surface area contributed by atoms with Crippen LogP contribution in [0.4, 0.5) is 0 Å². The molecule has 0 bridgehead atoms. The first-order valence-corrected chi connectivity index (χ1v) is 7.48. The molecule has 0 atom stereocenters. The molecule has 0 fully saturated rings. The van der Waals surface area contributed by atoms with Crippen LogP contribution < -0.4 is 0 Å². The van der Waals surface area contributed by atoms with Crippen molar-refractivity contribution in [2.45, 2.75) is 13.5 Å². The SMILES string of the molecule is C=C(C(=O)O)c1ccc2nc(C)n(Cc3ccccc3Cl)c2c1. The van der Waals surface area contributed by atoms with E-state index in [0.29, 0.717) is 17.1 Å². The van der Waals surface area contributed by atoms with E-state index in [1.165, 1.54) is 0 Å². The first-order valence-electron chi connectivity index (χ1n) is 7.10. The molecule has 116 valence electrons. The Labute approximate surface area is 138 Å². The highest BCUT2D eigenvalue weighted by molar-refractivity contribution is 6.31. The van der Waals surface area contributed by atoms with Gasteiger partial charge >= 0.3 is 5.97 Å². The van der Waals surface area contributed by atoms with Gasteiger partial charge in [0.1, 0.15) is 5.82 Å². The van der Waals surface area contributed by atoms with E-state index in [0.717, 1.165) is 22.4 Å². The summed E-state index contributed by atoms with van der Waals surface area (Å²) in [5.41, 5.74) is 3.30. The lowest BCUT2D eigenvalue weighted by Gasteiger charge is -2.09. The molecule has 0 saturated heterocycles. The van der Waals surface area contributed by atoms with Crippen LogP contribution in [0.1, 0.15) is 17.0 Å². The summed E-state index contributed by atoms with van der Waals surface area (Å²) in [6, 6.07) is 13.0. The molecule has 1 aromatic heterocycles. The number of benzene rings is 2. The highest BCUT2D eigenvalue weighted by atomic mass is 35.5. The molecule has 0 spiro atoms. The summed E-state index contributed by atoms with van der Waals surface area (Å²) in [4.78, 5) is 15.6. The molecule has 4 nitrogen and oxygen atoms in total. The molecule has 1 heterocycles. The van der Waals surface area contributed by atoms with Crippen LogP contribution in [0.15, 0.2) is 49.0 Å². The zero-order chi connectivity index (χ0) is 16.6. The van der Waals surface area contributed by atoms with Crippen LogP contribution >= 0.6 is 11.6 Å². The summed E-state index contributed by atoms with van der Waals surface area (Å²) >= 11 is 6.24. The van der Waals surface area contributed by atoms with Gasteiger partial charge in [-0.1, -0.05) is 42.4 Å². The molecule has 5 heteroatoms. The van der Waals surface area contributed by atoms with Gasteiger partial charge in [-0.15, -0.1) is 0 Å². The Morgan fingerprint density at radius 2 is 2.04 bits per heavy atom. The van der Waals surface area contributed by atoms with Crippen LogP contribution in [-0.2, 0) is 11.3 Å². The Balaban J connectivity index is 2.11. The topological polar surface area (TPSA) is 55.1 Å². The van der Waals surface area contributed by atoms with Gasteiger partial charge in [0.2, 0.25) is 0 Å². The third kappa shape index (κ3) is 2.85. The van der Waals surface area contributed by atoms with Crippen molar-refractivity contribution in [1.29, 1.82) is 0 Å². The van der Waals surface area contributed by atoms with Gasteiger partial charge in [0.25, 0.3) is 0 Å². The van der Waals surface area contributed by atoms with Gasteiger partial charge in [0.15, 0.2) is 0 Å². The largest absolute Gasteiger partial charge is 0.478 e. The summed E-state index contributed by atoms with van der Waals surface area (Å²) in [6.45, 7) is 6.11. The van der Waals surface area contributed by atoms with Crippen LogP contribution in [0.25, 0.3) is 16.6 Å². The summed E-state index contributed by atoms with van der Waals surface area (Å²) < 4.78 is 2.02. The molecule has 0 amide bonds. The van der Waals surface area contributed by atoms with Crippen LogP contribution in [0.3, 0.4) is 0 Å². The molecule has 1 N–H and O–H groups in total. The minimum absolute atomic E-state index is 0.0649. The second kappa shape index (κ2) is 5.89. The van der Waals surface area contributed by atoms with Gasteiger partial charge in [-0.25, -0.2) is 9.78 Å². The molecule has 0 saturated carbocycles. The number of aliphatic carboxylic acids is 1. The van der Waals surface area contributed by atoms with E-state index < -0.39 is 5.97 Å². The standard InChI is InChI=1S/C18H15ClN2O2/c1-11(18(22)23)13-7-8-16-17(9-13)21(12(2)20-16)10-14-5-3-4-6-15(14)19/h3-9H,1,10H2,2H3,(H,22,23). The second-order valence-electron chi connectivity index (χ2n) is 5.32.